The van der Waals surface area contributed by atoms with Gasteiger partial charge in [0, 0.05) is 30.6 Å². The zero-order valence-corrected chi connectivity index (χ0v) is 23.6. The molecule has 0 aliphatic carbocycles. The number of imide groups is 1. The summed E-state index contributed by atoms with van der Waals surface area (Å²) in [6, 6.07) is 26.2. The Morgan fingerprint density at radius 3 is 2.10 bits per heavy atom. The van der Waals surface area contributed by atoms with Crippen LogP contribution in [0.25, 0.3) is 0 Å². The minimum Gasteiger partial charge on any atom is -0.452 e. The van der Waals surface area contributed by atoms with Gasteiger partial charge in [-0.15, -0.1) is 0 Å². The number of hydrogen-bond donors (Lipinski definition) is 2. The van der Waals surface area contributed by atoms with E-state index in [0.717, 1.165) is 47.0 Å². The van der Waals surface area contributed by atoms with Crippen LogP contribution < -0.4 is 11.1 Å². The fourth-order valence-corrected chi connectivity index (χ4v) is 5.35. The van der Waals surface area contributed by atoms with Gasteiger partial charge < -0.3 is 20.5 Å². The van der Waals surface area contributed by atoms with Crippen LogP contribution in [0, 0.1) is 0 Å². The standard InChI is InChI=1S/C32H38ClN3O4/c1-39-32(38)36(31(37)30(34)29(24-9-4-2-5-10-24)25-11-6-3-7-12-25)20-8-13-27-21-35-22-28(40-27)19-16-23-14-17-26(33)18-15-23/h2-7,9-12,14-15,17-18,27-30,35H,8,13,16,19-22,34H2,1H3/t27?,28-,30+/m1/s1. The highest BCUT2D eigenvalue weighted by molar-refractivity contribution is 6.30. The summed E-state index contributed by atoms with van der Waals surface area (Å²) in [6.07, 6.45) is 2.46. The molecule has 0 bridgehead atoms. The fourth-order valence-electron chi connectivity index (χ4n) is 5.22. The lowest BCUT2D eigenvalue weighted by Gasteiger charge is -2.32. The summed E-state index contributed by atoms with van der Waals surface area (Å²) >= 11 is 5.99. The first-order chi connectivity index (χ1) is 19.5. The van der Waals surface area contributed by atoms with Crippen LogP contribution in [0.5, 0.6) is 0 Å². The molecule has 1 aliphatic rings. The molecule has 3 aromatic carbocycles. The second kappa shape index (κ2) is 15.0. The van der Waals surface area contributed by atoms with Gasteiger partial charge in [-0.3, -0.25) is 4.79 Å². The van der Waals surface area contributed by atoms with Crippen LogP contribution in [0.15, 0.2) is 84.9 Å². The number of carbonyl (C=O) groups excluding carboxylic acids is 2. The topological polar surface area (TPSA) is 93.9 Å². The molecule has 1 heterocycles. The molecule has 1 aliphatic heterocycles. The number of rotatable bonds is 11. The van der Waals surface area contributed by atoms with E-state index < -0.39 is 24.0 Å². The molecule has 212 valence electrons. The van der Waals surface area contributed by atoms with Gasteiger partial charge in [0.25, 0.3) is 0 Å². The van der Waals surface area contributed by atoms with Crippen LogP contribution in [0.3, 0.4) is 0 Å². The van der Waals surface area contributed by atoms with Crippen molar-refractivity contribution in [2.45, 2.75) is 49.9 Å². The van der Waals surface area contributed by atoms with E-state index in [1.165, 1.54) is 12.7 Å². The molecule has 40 heavy (non-hydrogen) atoms. The van der Waals surface area contributed by atoms with E-state index in [1.54, 1.807) is 0 Å². The average molecular weight is 564 g/mol. The molecule has 1 unspecified atom stereocenters. The molecule has 2 amide bonds. The van der Waals surface area contributed by atoms with Crippen molar-refractivity contribution in [3.63, 3.8) is 0 Å². The number of methoxy groups -OCH3 is 1. The monoisotopic (exact) mass is 563 g/mol. The molecule has 3 atom stereocenters. The quantitative estimate of drug-likeness (QED) is 0.334. The molecule has 0 saturated carbocycles. The minimum atomic E-state index is -0.964. The molecular formula is C32H38ClN3O4. The number of halogens is 1. The molecule has 3 aromatic rings. The van der Waals surface area contributed by atoms with E-state index in [9.17, 15) is 9.59 Å². The summed E-state index contributed by atoms with van der Waals surface area (Å²) < 4.78 is 11.3. The Morgan fingerprint density at radius 1 is 0.950 bits per heavy atom. The van der Waals surface area contributed by atoms with Crippen molar-refractivity contribution >= 4 is 23.6 Å². The van der Waals surface area contributed by atoms with Gasteiger partial charge in [0.15, 0.2) is 0 Å². The van der Waals surface area contributed by atoms with Gasteiger partial charge in [-0.05, 0) is 54.5 Å². The van der Waals surface area contributed by atoms with Gasteiger partial charge in [0.05, 0.1) is 25.4 Å². The molecule has 3 N–H and O–H groups in total. The molecular weight excluding hydrogens is 526 g/mol. The summed E-state index contributed by atoms with van der Waals surface area (Å²) in [5, 5.41) is 4.19. The number of nitrogens with zero attached hydrogens (tertiary/aromatic N) is 1. The Bertz CT molecular complexity index is 1170. The first-order valence-corrected chi connectivity index (χ1v) is 14.2. The Hall–Kier alpha value is -3.23. The number of amides is 2. The van der Waals surface area contributed by atoms with E-state index >= 15 is 0 Å². The molecule has 8 heteroatoms. The maximum Gasteiger partial charge on any atom is 0.416 e. The number of morpholine rings is 1. The Labute approximate surface area is 241 Å². The maximum atomic E-state index is 13.7. The Balaban J connectivity index is 1.36. The first kappa shape index (κ1) is 29.7. The summed E-state index contributed by atoms with van der Waals surface area (Å²) in [5.74, 6) is -0.873. The third-order valence-electron chi connectivity index (χ3n) is 7.33. The smallest absolute Gasteiger partial charge is 0.416 e. The van der Waals surface area contributed by atoms with Crippen LogP contribution in [-0.2, 0) is 20.7 Å². The van der Waals surface area contributed by atoms with Crippen LogP contribution in [0.2, 0.25) is 5.02 Å². The van der Waals surface area contributed by atoms with E-state index in [2.05, 4.69) is 5.32 Å². The molecule has 0 radical (unpaired) electrons. The van der Waals surface area contributed by atoms with E-state index in [-0.39, 0.29) is 18.8 Å². The largest absolute Gasteiger partial charge is 0.452 e. The molecule has 0 spiro atoms. The molecule has 1 saturated heterocycles. The van der Waals surface area contributed by atoms with Gasteiger partial charge in [-0.25, -0.2) is 9.69 Å². The lowest BCUT2D eigenvalue weighted by molar-refractivity contribution is -0.131. The van der Waals surface area contributed by atoms with Crippen LogP contribution in [0.1, 0.15) is 41.9 Å². The third kappa shape index (κ3) is 8.15. The SMILES string of the molecule is COC(=O)N(CCCC1CNC[C@@H](CCc2ccc(Cl)cc2)O1)C(=O)[C@@H](N)C(c1ccccc1)c1ccccc1. The van der Waals surface area contributed by atoms with Crippen LogP contribution in [0.4, 0.5) is 4.79 Å². The van der Waals surface area contributed by atoms with Gasteiger partial charge in [-0.2, -0.15) is 0 Å². The van der Waals surface area contributed by atoms with Gasteiger partial charge in [0.2, 0.25) is 5.91 Å². The normalized spacial score (nSPS) is 17.8. The first-order valence-electron chi connectivity index (χ1n) is 13.8. The highest BCUT2D eigenvalue weighted by Gasteiger charge is 2.34. The van der Waals surface area contributed by atoms with Crippen molar-refractivity contribution in [2.24, 2.45) is 5.73 Å². The third-order valence-corrected chi connectivity index (χ3v) is 7.58. The summed E-state index contributed by atoms with van der Waals surface area (Å²) in [5.41, 5.74) is 9.64. The number of nitrogens with one attached hydrogen (secondary N) is 1. The van der Waals surface area contributed by atoms with Gasteiger partial charge >= 0.3 is 6.09 Å². The van der Waals surface area contributed by atoms with Crippen molar-refractivity contribution in [3.8, 4) is 0 Å². The highest BCUT2D eigenvalue weighted by Crippen LogP contribution is 2.28. The number of carbonyl (C=O) groups is 2. The van der Waals surface area contributed by atoms with Gasteiger partial charge in [-0.1, -0.05) is 84.4 Å². The number of hydrogen-bond acceptors (Lipinski definition) is 6. The lowest BCUT2D eigenvalue weighted by Crippen LogP contribution is -2.50. The minimum absolute atomic E-state index is 0.00590. The van der Waals surface area contributed by atoms with Crippen molar-refractivity contribution in [2.75, 3.05) is 26.7 Å². The summed E-state index contributed by atoms with van der Waals surface area (Å²) in [4.78, 5) is 27.5. The Morgan fingerprint density at radius 2 is 1.52 bits per heavy atom. The number of benzene rings is 3. The van der Waals surface area contributed by atoms with E-state index in [4.69, 9.17) is 26.8 Å². The number of ether oxygens (including phenoxy) is 2. The van der Waals surface area contributed by atoms with E-state index in [1.807, 2.05) is 84.9 Å². The van der Waals surface area contributed by atoms with E-state index in [0.29, 0.717) is 12.8 Å². The number of aryl methyl sites for hydroxylation is 1. The summed E-state index contributed by atoms with van der Waals surface area (Å²) in [7, 11) is 1.28. The zero-order chi connectivity index (χ0) is 28.3. The van der Waals surface area contributed by atoms with Crippen molar-refractivity contribution < 1.29 is 19.1 Å². The molecule has 1 fully saturated rings. The molecule has 0 aromatic heterocycles. The predicted octanol–water partition coefficient (Wildman–Crippen LogP) is 5.16. The molecule has 4 rings (SSSR count). The number of nitrogens with two attached hydrogens (primary N) is 1. The fraction of sp³-hybridized carbons (Fsp3) is 0.375. The highest BCUT2D eigenvalue weighted by atomic mass is 35.5. The van der Waals surface area contributed by atoms with Crippen molar-refractivity contribution in [1.29, 1.82) is 0 Å². The van der Waals surface area contributed by atoms with Crippen molar-refractivity contribution in [1.82, 2.24) is 10.2 Å². The maximum absolute atomic E-state index is 13.7. The average Bonchev–Trinajstić information content (AvgIpc) is 3.00. The second-order valence-corrected chi connectivity index (χ2v) is 10.6. The Kier molecular flexibility index (Phi) is 11.1. The van der Waals surface area contributed by atoms with Crippen molar-refractivity contribution in [3.05, 3.63) is 107 Å². The lowest BCUT2D eigenvalue weighted by atomic mass is 9.85. The molecule has 7 nitrogen and oxygen atoms in total. The van der Waals surface area contributed by atoms with Gasteiger partial charge in [0.1, 0.15) is 0 Å². The zero-order valence-electron chi connectivity index (χ0n) is 22.9. The van der Waals surface area contributed by atoms with Crippen LogP contribution in [-0.4, -0.2) is 61.9 Å². The van der Waals surface area contributed by atoms with Crippen LogP contribution >= 0.6 is 11.6 Å². The predicted molar refractivity (Wildman–Crippen MR) is 157 cm³/mol. The summed E-state index contributed by atoms with van der Waals surface area (Å²) in [6.45, 7) is 1.73. The second-order valence-electron chi connectivity index (χ2n) is 10.1.